The summed E-state index contributed by atoms with van der Waals surface area (Å²) in [6.07, 6.45) is -5.18. The highest BCUT2D eigenvalue weighted by Gasteiger charge is 2.38. The quantitative estimate of drug-likeness (QED) is 0.173. The molecule has 3 N–H and O–H groups in total. The lowest BCUT2D eigenvalue weighted by Crippen LogP contribution is -2.31. The number of nitrogens with one attached hydrogen (secondary N) is 1. The molecule has 0 aliphatic heterocycles. The predicted molar refractivity (Wildman–Crippen MR) is 112 cm³/mol. The molecule has 0 aliphatic carbocycles. The second-order valence-corrected chi connectivity index (χ2v) is 11.0. The average molecular weight is 524 g/mol. The Morgan fingerprint density at radius 2 is 1.56 bits per heavy atom. The second-order valence-electron chi connectivity index (χ2n) is 5.95. The van der Waals surface area contributed by atoms with Gasteiger partial charge in [0.2, 0.25) is 5.91 Å². The van der Waals surface area contributed by atoms with Crippen molar-refractivity contribution >= 4 is 49.3 Å². The number of amides is 1. The third kappa shape index (κ3) is 12.8. The van der Waals surface area contributed by atoms with Crippen LogP contribution in [0.5, 0.6) is 0 Å². The molecular weight excluding hydrogens is 502 g/mol. The van der Waals surface area contributed by atoms with Crippen LogP contribution in [0.15, 0.2) is 29.2 Å². The lowest BCUT2D eigenvalue weighted by atomic mass is 10.3. The van der Waals surface area contributed by atoms with E-state index in [1.54, 1.807) is 0 Å². The summed E-state index contributed by atoms with van der Waals surface area (Å²) in [5.74, 6) is -3.43. The fourth-order valence-corrected chi connectivity index (χ4v) is 5.02. The zero-order valence-corrected chi connectivity index (χ0v) is 19.0. The van der Waals surface area contributed by atoms with Crippen molar-refractivity contribution in [1.29, 1.82) is 0 Å². The van der Waals surface area contributed by atoms with Crippen LogP contribution in [-0.4, -0.2) is 66.0 Å². The van der Waals surface area contributed by atoms with Crippen molar-refractivity contribution in [3.63, 3.8) is 0 Å². The Morgan fingerprint density at radius 3 is 2.03 bits per heavy atom. The molecule has 0 saturated heterocycles. The van der Waals surface area contributed by atoms with Crippen molar-refractivity contribution < 1.29 is 50.6 Å². The molecular formula is C17H21F4NO7S3. The molecule has 182 valence electrons. The normalized spacial score (nSPS) is 12.3. The molecule has 0 heterocycles. The number of alkyl halides is 3. The van der Waals surface area contributed by atoms with Gasteiger partial charge in [0.1, 0.15) is 5.82 Å². The Bertz CT molecular complexity index is 862. The summed E-state index contributed by atoms with van der Waals surface area (Å²) in [6.45, 7) is 1.81. The van der Waals surface area contributed by atoms with E-state index in [1.807, 2.05) is 0 Å². The minimum atomic E-state index is -5.08. The number of hydrogen-bond donors (Lipinski definition) is 3. The van der Waals surface area contributed by atoms with Crippen molar-refractivity contribution in [3.8, 4) is 0 Å². The van der Waals surface area contributed by atoms with Crippen LogP contribution in [0.1, 0.15) is 19.8 Å². The van der Waals surface area contributed by atoms with Crippen molar-refractivity contribution in [3.05, 3.63) is 30.1 Å². The molecule has 1 aromatic carbocycles. The lowest BCUT2D eigenvalue weighted by molar-refractivity contribution is -0.192. The van der Waals surface area contributed by atoms with Crippen LogP contribution in [0, 0.1) is 5.82 Å². The fourth-order valence-electron chi connectivity index (χ4n) is 1.78. The Morgan fingerprint density at radius 1 is 1.06 bits per heavy atom. The van der Waals surface area contributed by atoms with E-state index in [2.05, 4.69) is 5.32 Å². The van der Waals surface area contributed by atoms with E-state index in [1.165, 1.54) is 40.6 Å². The summed E-state index contributed by atoms with van der Waals surface area (Å²) < 4.78 is 69.3. The van der Waals surface area contributed by atoms with Gasteiger partial charge in [-0.25, -0.2) is 17.6 Å². The van der Waals surface area contributed by atoms with Crippen molar-refractivity contribution in [2.45, 2.75) is 36.1 Å². The molecule has 0 fully saturated rings. The summed E-state index contributed by atoms with van der Waals surface area (Å²) in [6, 6.07) is 4.51. The number of carboxylic acid groups (broad SMARTS) is 2. The highest BCUT2D eigenvalue weighted by molar-refractivity contribution is 8.76. The number of carbonyl (C=O) groups excluding carboxylic acids is 1. The van der Waals surface area contributed by atoms with E-state index >= 15 is 0 Å². The Balaban J connectivity index is 0.00000118. The van der Waals surface area contributed by atoms with Gasteiger partial charge in [0.25, 0.3) is 0 Å². The number of rotatable bonds is 11. The minimum Gasteiger partial charge on any atom is -0.481 e. The van der Waals surface area contributed by atoms with Crippen molar-refractivity contribution in [2.75, 3.05) is 18.1 Å². The van der Waals surface area contributed by atoms with Gasteiger partial charge in [-0.2, -0.15) is 13.2 Å². The molecule has 1 rings (SSSR count). The number of benzene rings is 1. The molecule has 0 saturated carbocycles. The van der Waals surface area contributed by atoms with Gasteiger partial charge in [0.05, 0.1) is 16.6 Å². The largest absolute Gasteiger partial charge is 0.490 e. The zero-order valence-electron chi connectivity index (χ0n) is 16.6. The molecule has 1 amide bonds. The topological polar surface area (TPSA) is 138 Å². The highest BCUT2D eigenvalue weighted by Crippen LogP contribution is 2.21. The molecule has 0 aliphatic rings. The van der Waals surface area contributed by atoms with Crippen LogP contribution in [-0.2, 0) is 24.2 Å². The number of aliphatic carboxylic acids is 2. The predicted octanol–water partition coefficient (Wildman–Crippen LogP) is 2.98. The van der Waals surface area contributed by atoms with Gasteiger partial charge in [-0.15, -0.1) is 0 Å². The smallest absolute Gasteiger partial charge is 0.481 e. The summed E-state index contributed by atoms with van der Waals surface area (Å²) in [5.41, 5.74) is 0. The first-order valence-electron chi connectivity index (χ1n) is 8.70. The van der Waals surface area contributed by atoms with Crippen LogP contribution in [0.3, 0.4) is 0 Å². The van der Waals surface area contributed by atoms with Crippen molar-refractivity contribution in [2.24, 2.45) is 0 Å². The van der Waals surface area contributed by atoms with Crippen LogP contribution in [0.4, 0.5) is 17.6 Å². The number of sulfone groups is 1. The van der Waals surface area contributed by atoms with Crippen LogP contribution < -0.4 is 5.32 Å². The van der Waals surface area contributed by atoms with E-state index < -0.39 is 39.0 Å². The SMILES string of the molecule is CC(CC(=O)NCCSSCCC(=O)O)S(=O)(=O)c1ccc(F)cc1.O=C(O)C(F)(F)F. The second kappa shape index (κ2) is 14.2. The van der Waals surface area contributed by atoms with E-state index in [4.69, 9.17) is 15.0 Å². The third-order valence-corrected chi connectivity index (χ3v) is 7.94. The Labute approximate surface area is 189 Å². The molecule has 15 heteroatoms. The molecule has 8 nitrogen and oxygen atoms in total. The summed E-state index contributed by atoms with van der Waals surface area (Å²) in [7, 11) is -0.841. The highest BCUT2D eigenvalue weighted by atomic mass is 33.1. The molecule has 1 aromatic rings. The van der Waals surface area contributed by atoms with Crippen LogP contribution >= 0.6 is 21.6 Å². The molecule has 1 atom stereocenters. The number of carboxylic acids is 2. The Kier molecular flexibility index (Phi) is 13.3. The maximum absolute atomic E-state index is 12.9. The lowest BCUT2D eigenvalue weighted by Gasteiger charge is -2.13. The van der Waals surface area contributed by atoms with Gasteiger partial charge in [-0.1, -0.05) is 21.6 Å². The maximum Gasteiger partial charge on any atom is 0.490 e. The Hall–Kier alpha value is -2.00. The first-order chi connectivity index (χ1) is 14.7. The molecule has 0 radical (unpaired) electrons. The standard InChI is InChI=1S/C15H20FNO5S3.C2HF3O2/c1-11(25(21,22)13-4-2-12(16)3-5-13)10-14(18)17-7-9-24-23-8-6-15(19)20;3-2(4,5)1(6)7/h2-5,11H,6-10H2,1H3,(H,17,18)(H,19,20);(H,6,7). The van der Waals surface area contributed by atoms with E-state index in [0.717, 1.165) is 12.1 Å². The van der Waals surface area contributed by atoms with Gasteiger partial charge in [0.15, 0.2) is 9.84 Å². The molecule has 0 bridgehead atoms. The number of carbonyl (C=O) groups is 3. The first kappa shape index (κ1) is 30.0. The monoisotopic (exact) mass is 523 g/mol. The van der Waals surface area contributed by atoms with Gasteiger partial charge in [-0.3, -0.25) is 9.59 Å². The number of hydrogen-bond acceptors (Lipinski definition) is 7. The van der Waals surface area contributed by atoms with Gasteiger partial charge >= 0.3 is 18.1 Å². The van der Waals surface area contributed by atoms with Gasteiger partial charge in [-0.05, 0) is 31.2 Å². The van der Waals surface area contributed by atoms with Crippen LogP contribution in [0.2, 0.25) is 0 Å². The van der Waals surface area contributed by atoms with Crippen LogP contribution in [0.25, 0.3) is 0 Å². The van der Waals surface area contributed by atoms with Gasteiger partial charge < -0.3 is 15.5 Å². The van der Waals surface area contributed by atoms with Gasteiger partial charge in [0, 0.05) is 24.5 Å². The number of halogens is 4. The first-order valence-corrected chi connectivity index (χ1v) is 12.7. The average Bonchev–Trinajstić information content (AvgIpc) is 2.67. The van der Waals surface area contributed by atoms with E-state index in [9.17, 15) is 35.6 Å². The molecule has 1 unspecified atom stereocenters. The summed E-state index contributed by atoms with van der Waals surface area (Å²) in [4.78, 5) is 31.0. The summed E-state index contributed by atoms with van der Waals surface area (Å²) >= 11 is 0. The molecule has 32 heavy (non-hydrogen) atoms. The van der Waals surface area contributed by atoms with E-state index in [-0.39, 0.29) is 23.6 Å². The maximum atomic E-state index is 12.9. The molecule has 0 aromatic heterocycles. The minimum absolute atomic E-state index is 0.0143. The fraction of sp³-hybridized carbons (Fsp3) is 0.471. The third-order valence-electron chi connectivity index (χ3n) is 3.38. The summed E-state index contributed by atoms with van der Waals surface area (Å²) in [5, 5.41) is 17.3. The van der Waals surface area contributed by atoms with E-state index in [0.29, 0.717) is 18.1 Å². The van der Waals surface area contributed by atoms with Crippen molar-refractivity contribution in [1.82, 2.24) is 5.32 Å². The molecule has 0 spiro atoms. The zero-order chi connectivity index (χ0) is 24.9.